The van der Waals surface area contributed by atoms with Gasteiger partial charge in [-0.3, -0.25) is 0 Å². The van der Waals surface area contributed by atoms with E-state index in [1.165, 1.54) is 12.8 Å². The summed E-state index contributed by atoms with van der Waals surface area (Å²) < 4.78 is 13.9. The summed E-state index contributed by atoms with van der Waals surface area (Å²) in [5.41, 5.74) is 0.725. The molecule has 122 valence electrons. The van der Waals surface area contributed by atoms with Gasteiger partial charge in [0.05, 0.1) is 19.2 Å². The predicted octanol–water partition coefficient (Wildman–Crippen LogP) is 1.29. The first-order chi connectivity index (χ1) is 11.3. The van der Waals surface area contributed by atoms with Crippen molar-refractivity contribution in [3.63, 3.8) is 0 Å². The van der Waals surface area contributed by atoms with E-state index in [0.29, 0.717) is 6.10 Å². The van der Waals surface area contributed by atoms with Gasteiger partial charge in [-0.25, -0.2) is 0 Å². The lowest BCUT2D eigenvalue weighted by Gasteiger charge is -2.53. The van der Waals surface area contributed by atoms with Gasteiger partial charge >= 0.3 is 0 Å². The lowest BCUT2D eigenvalue weighted by molar-refractivity contribution is -0.146. The molecule has 1 spiro atoms. The average molecular weight is 315 g/mol. The summed E-state index contributed by atoms with van der Waals surface area (Å²) >= 11 is 0. The van der Waals surface area contributed by atoms with Gasteiger partial charge in [0.15, 0.2) is 5.65 Å². The van der Waals surface area contributed by atoms with E-state index >= 15 is 0 Å². The van der Waals surface area contributed by atoms with E-state index < -0.39 is 0 Å². The lowest BCUT2D eigenvalue weighted by Crippen LogP contribution is -2.66. The number of anilines is 1. The number of rotatable bonds is 4. The van der Waals surface area contributed by atoms with Crippen LogP contribution in [0.15, 0.2) is 18.5 Å². The molecule has 1 aliphatic carbocycles. The SMILES string of the molecule is c1cc2nncn2nc1N1CC2(C[C@@H](OCC3CC3)CCO2)C1. The summed E-state index contributed by atoms with van der Waals surface area (Å²) in [6, 6.07) is 3.95. The van der Waals surface area contributed by atoms with Crippen LogP contribution in [0.3, 0.4) is 0 Å². The highest BCUT2D eigenvalue weighted by atomic mass is 16.5. The van der Waals surface area contributed by atoms with Crippen LogP contribution in [0.25, 0.3) is 5.65 Å². The van der Waals surface area contributed by atoms with E-state index in [4.69, 9.17) is 9.47 Å². The fourth-order valence-corrected chi connectivity index (χ4v) is 3.60. The number of aromatic nitrogens is 4. The molecule has 2 aromatic rings. The van der Waals surface area contributed by atoms with Crippen LogP contribution in [-0.2, 0) is 9.47 Å². The molecule has 1 atom stereocenters. The molecular weight excluding hydrogens is 294 g/mol. The first-order valence-corrected chi connectivity index (χ1v) is 8.47. The van der Waals surface area contributed by atoms with Crippen molar-refractivity contribution in [3.05, 3.63) is 18.5 Å². The molecular formula is C16H21N5O2. The van der Waals surface area contributed by atoms with Crippen LogP contribution in [0, 0.1) is 5.92 Å². The minimum atomic E-state index is -0.0453. The zero-order valence-corrected chi connectivity index (χ0v) is 13.1. The van der Waals surface area contributed by atoms with E-state index in [2.05, 4.69) is 20.2 Å². The van der Waals surface area contributed by atoms with Crippen molar-refractivity contribution in [1.82, 2.24) is 19.8 Å². The number of fused-ring (bicyclic) bond motifs is 1. The molecule has 0 amide bonds. The maximum Gasteiger partial charge on any atom is 0.177 e. The van der Waals surface area contributed by atoms with Crippen molar-refractivity contribution in [1.29, 1.82) is 0 Å². The van der Waals surface area contributed by atoms with Crippen LogP contribution < -0.4 is 4.90 Å². The van der Waals surface area contributed by atoms with Gasteiger partial charge in [-0.1, -0.05) is 0 Å². The highest BCUT2D eigenvalue weighted by molar-refractivity contribution is 5.48. The topological polar surface area (TPSA) is 64.8 Å². The molecule has 3 fully saturated rings. The van der Waals surface area contributed by atoms with Crippen molar-refractivity contribution < 1.29 is 9.47 Å². The van der Waals surface area contributed by atoms with E-state index in [1.807, 2.05) is 12.1 Å². The summed E-state index contributed by atoms with van der Waals surface area (Å²) in [7, 11) is 0. The fourth-order valence-electron chi connectivity index (χ4n) is 3.60. The van der Waals surface area contributed by atoms with E-state index in [0.717, 1.165) is 56.5 Å². The van der Waals surface area contributed by atoms with Crippen molar-refractivity contribution in [2.24, 2.45) is 5.92 Å². The summed E-state index contributed by atoms with van der Waals surface area (Å²) in [6.07, 6.45) is 6.72. The Morgan fingerprint density at radius 2 is 2.17 bits per heavy atom. The minimum absolute atomic E-state index is 0.0453. The second kappa shape index (κ2) is 5.14. The zero-order valence-electron chi connectivity index (χ0n) is 13.1. The number of ether oxygens (including phenoxy) is 2. The van der Waals surface area contributed by atoms with Crippen LogP contribution in [0.2, 0.25) is 0 Å². The Kier molecular flexibility index (Phi) is 3.06. The highest BCUT2D eigenvalue weighted by Gasteiger charge is 2.48. The molecule has 23 heavy (non-hydrogen) atoms. The Balaban J connectivity index is 1.23. The van der Waals surface area contributed by atoms with E-state index in [-0.39, 0.29) is 5.60 Å². The van der Waals surface area contributed by atoms with Gasteiger partial charge in [0.25, 0.3) is 0 Å². The van der Waals surface area contributed by atoms with Gasteiger partial charge in [0.1, 0.15) is 17.7 Å². The Bertz CT molecular complexity index is 707. The zero-order chi connectivity index (χ0) is 15.3. The van der Waals surface area contributed by atoms with Gasteiger partial charge in [-0.05, 0) is 37.3 Å². The van der Waals surface area contributed by atoms with Crippen molar-refractivity contribution in [2.45, 2.75) is 37.4 Å². The molecule has 0 radical (unpaired) electrons. The quantitative estimate of drug-likeness (QED) is 0.847. The molecule has 2 aliphatic heterocycles. The second-order valence-corrected chi connectivity index (χ2v) is 7.10. The normalized spacial score (nSPS) is 26.6. The van der Waals surface area contributed by atoms with Crippen LogP contribution >= 0.6 is 0 Å². The van der Waals surface area contributed by atoms with Gasteiger partial charge < -0.3 is 14.4 Å². The number of nitrogens with zero attached hydrogens (tertiary/aromatic N) is 5. The van der Waals surface area contributed by atoms with E-state index in [9.17, 15) is 0 Å². The summed E-state index contributed by atoms with van der Waals surface area (Å²) in [5.74, 6) is 1.78. The van der Waals surface area contributed by atoms with Crippen LogP contribution in [0.5, 0.6) is 0 Å². The molecule has 2 aromatic heterocycles. The van der Waals surface area contributed by atoms with Crippen LogP contribution in [0.1, 0.15) is 25.7 Å². The van der Waals surface area contributed by atoms with Crippen molar-refractivity contribution in [3.8, 4) is 0 Å². The third-order valence-electron chi connectivity index (χ3n) is 5.14. The average Bonchev–Trinajstić information content (AvgIpc) is 3.26. The first-order valence-electron chi connectivity index (χ1n) is 8.47. The Labute approximate surface area is 134 Å². The summed E-state index contributed by atoms with van der Waals surface area (Å²) in [5, 5.41) is 12.4. The highest BCUT2D eigenvalue weighted by Crippen LogP contribution is 2.38. The van der Waals surface area contributed by atoms with Gasteiger partial charge in [-0.15, -0.1) is 15.3 Å². The molecule has 7 nitrogen and oxygen atoms in total. The number of hydrogen-bond acceptors (Lipinski definition) is 6. The van der Waals surface area contributed by atoms with Crippen molar-refractivity contribution >= 4 is 11.5 Å². The molecule has 4 heterocycles. The Hall–Kier alpha value is -1.73. The van der Waals surface area contributed by atoms with Crippen molar-refractivity contribution in [2.75, 3.05) is 31.2 Å². The largest absolute Gasteiger partial charge is 0.378 e. The van der Waals surface area contributed by atoms with Crippen LogP contribution in [-0.4, -0.2) is 57.8 Å². The second-order valence-electron chi connectivity index (χ2n) is 7.10. The monoisotopic (exact) mass is 315 g/mol. The predicted molar refractivity (Wildman–Crippen MR) is 83.4 cm³/mol. The molecule has 1 saturated carbocycles. The smallest absolute Gasteiger partial charge is 0.177 e. The fraction of sp³-hybridized carbons (Fsp3) is 0.688. The standard InChI is InChI=1S/C16H21N5O2/c1-2-12(1)8-22-13-5-6-23-16(7-13)9-20(10-16)15-4-3-14-18-17-11-21(14)19-15/h3-4,11-13H,1-2,5-10H2/t13-/m0/s1. The molecule has 3 aliphatic rings. The minimum Gasteiger partial charge on any atom is -0.378 e. The number of hydrogen-bond donors (Lipinski definition) is 0. The maximum absolute atomic E-state index is 6.10. The van der Waals surface area contributed by atoms with Crippen LogP contribution in [0.4, 0.5) is 5.82 Å². The molecule has 7 heteroatoms. The van der Waals surface area contributed by atoms with Gasteiger partial charge in [0, 0.05) is 19.6 Å². The van der Waals surface area contributed by atoms with Gasteiger partial charge in [0.2, 0.25) is 0 Å². The molecule has 0 bridgehead atoms. The summed E-state index contributed by atoms with van der Waals surface area (Å²) in [6.45, 7) is 3.52. The third kappa shape index (κ3) is 2.57. The molecule has 0 unspecified atom stereocenters. The lowest BCUT2D eigenvalue weighted by atomic mass is 9.84. The molecule has 0 N–H and O–H groups in total. The molecule has 5 rings (SSSR count). The Morgan fingerprint density at radius 3 is 3.04 bits per heavy atom. The Morgan fingerprint density at radius 1 is 1.26 bits per heavy atom. The van der Waals surface area contributed by atoms with Gasteiger partial charge in [-0.2, -0.15) is 4.52 Å². The van der Waals surface area contributed by atoms with E-state index in [1.54, 1.807) is 10.8 Å². The maximum atomic E-state index is 6.10. The first kappa shape index (κ1) is 13.7. The third-order valence-corrected chi connectivity index (χ3v) is 5.14. The molecule has 0 aromatic carbocycles. The molecule has 2 saturated heterocycles. The summed E-state index contributed by atoms with van der Waals surface area (Å²) in [4.78, 5) is 2.25.